The number of rotatable bonds is 2. The van der Waals surface area contributed by atoms with Crippen LogP contribution >= 0.6 is 39.9 Å². The molecular weight excluding hydrogens is 310 g/mol. The van der Waals surface area contributed by atoms with Gasteiger partial charge in [0.15, 0.2) is 0 Å². The number of thiazole rings is 1. The molecule has 16 heavy (non-hydrogen) atoms. The van der Waals surface area contributed by atoms with Crippen LogP contribution < -0.4 is 0 Å². The summed E-state index contributed by atoms with van der Waals surface area (Å²) in [5.74, 6) is 0. The van der Waals surface area contributed by atoms with Crippen LogP contribution in [-0.4, -0.2) is 9.97 Å². The van der Waals surface area contributed by atoms with E-state index in [1.807, 2.05) is 11.4 Å². The van der Waals surface area contributed by atoms with E-state index in [0.717, 1.165) is 16.4 Å². The fraction of sp³-hybridized carbons (Fsp3) is 0.100. The number of pyridine rings is 1. The molecule has 0 atom stereocenters. The van der Waals surface area contributed by atoms with Crippen molar-refractivity contribution >= 4 is 39.9 Å². The molecule has 0 aliphatic rings. The summed E-state index contributed by atoms with van der Waals surface area (Å²) in [6.45, 7) is 0. The Morgan fingerprint density at radius 1 is 1.38 bits per heavy atom. The summed E-state index contributed by atoms with van der Waals surface area (Å²) in [7, 11) is 0. The molecular formula is C10H7BrClN3S. The van der Waals surface area contributed by atoms with Crippen molar-refractivity contribution in [3.05, 3.63) is 33.7 Å². The summed E-state index contributed by atoms with van der Waals surface area (Å²) in [5, 5.41) is 11.8. The van der Waals surface area contributed by atoms with Crippen LogP contribution in [0.1, 0.15) is 5.01 Å². The number of aromatic nitrogens is 2. The SMILES string of the molecule is Br.N#CCc1nc(-c2ccc(Cl)cn2)cs1. The van der Waals surface area contributed by atoms with E-state index in [-0.39, 0.29) is 17.0 Å². The average Bonchev–Trinajstić information content (AvgIpc) is 2.68. The first-order chi connectivity index (χ1) is 7.29. The van der Waals surface area contributed by atoms with Gasteiger partial charge in [-0.05, 0) is 12.1 Å². The van der Waals surface area contributed by atoms with Crippen molar-refractivity contribution in [1.82, 2.24) is 9.97 Å². The lowest BCUT2D eigenvalue weighted by molar-refractivity contribution is 1.17. The first-order valence-electron chi connectivity index (χ1n) is 4.23. The Hall–Kier alpha value is -0.960. The normalized spacial score (nSPS) is 9.25. The van der Waals surface area contributed by atoms with Crippen LogP contribution in [0.5, 0.6) is 0 Å². The summed E-state index contributed by atoms with van der Waals surface area (Å²) in [5.41, 5.74) is 1.57. The van der Waals surface area contributed by atoms with Crippen molar-refractivity contribution < 1.29 is 0 Å². The van der Waals surface area contributed by atoms with Crippen LogP contribution in [0.25, 0.3) is 11.4 Å². The predicted molar refractivity (Wildman–Crippen MR) is 70.0 cm³/mol. The quantitative estimate of drug-likeness (QED) is 0.852. The highest BCUT2D eigenvalue weighted by molar-refractivity contribution is 8.93. The molecule has 0 aliphatic carbocycles. The van der Waals surface area contributed by atoms with Gasteiger partial charge in [-0.2, -0.15) is 5.26 Å². The Kier molecular flexibility index (Phi) is 4.87. The Bertz CT molecular complexity index is 504. The molecule has 0 saturated carbocycles. The van der Waals surface area contributed by atoms with Crippen LogP contribution in [0, 0.1) is 11.3 Å². The fourth-order valence-corrected chi connectivity index (χ4v) is 1.94. The van der Waals surface area contributed by atoms with Crippen LogP contribution in [-0.2, 0) is 6.42 Å². The maximum atomic E-state index is 8.52. The molecule has 6 heteroatoms. The second kappa shape index (κ2) is 5.94. The zero-order chi connectivity index (χ0) is 10.7. The van der Waals surface area contributed by atoms with Gasteiger partial charge in [0.2, 0.25) is 0 Å². The topological polar surface area (TPSA) is 49.6 Å². The van der Waals surface area contributed by atoms with Crippen LogP contribution in [0.3, 0.4) is 0 Å². The van der Waals surface area contributed by atoms with E-state index >= 15 is 0 Å². The summed E-state index contributed by atoms with van der Waals surface area (Å²) < 4.78 is 0. The third kappa shape index (κ3) is 3.01. The first-order valence-corrected chi connectivity index (χ1v) is 5.48. The minimum Gasteiger partial charge on any atom is -0.253 e. The van der Waals surface area contributed by atoms with Crippen molar-refractivity contribution in [3.8, 4) is 17.5 Å². The zero-order valence-corrected chi connectivity index (χ0v) is 11.3. The van der Waals surface area contributed by atoms with Gasteiger partial charge in [0.05, 0.1) is 28.9 Å². The zero-order valence-electron chi connectivity index (χ0n) is 8.05. The van der Waals surface area contributed by atoms with Crippen LogP contribution in [0.2, 0.25) is 5.02 Å². The summed E-state index contributed by atoms with van der Waals surface area (Å²) >= 11 is 7.20. The largest absolute Gasteiger partial charge is 0.253 e. The maximum Gasteiger partial charge on any atom is 0.107 e. The Labute approximate surface area is 113 Å². The molecule has 0 amide bonds. The molecule has 82 valence electrons. The minimum atomic E-state index is 0. The highest BCUT2D eigenvalue weighted by Gasteiger charge is 2.04. The van der Waals surface area contributed by atoms with Crippen molar-refractivity contribution in [3.63, 3.8) is 0 Å². The van der Waals surface area contributed by atoms with E-state index in [2.05, 4.69) is 16.0 Å². The molecule has 0 unspecified atom stereocenters. The molecule has 0 bridgehead atoms. The third-order valence-electron chi connectivity index (χ3n) is 1.77. The van der Waals surface area contributed by atoms with Gasteiger partial charge in [-0.15, -0.1) is 28.3 Å². The lowest BCUT2D eigenvalue weighted by atomic mass is 10.3. The van der Waals surface area contributed by atoms with E-state index in [1.165, 1.54) is 11.3 Å². The predicted octanol–water partition coefficient (Wildman–Crippen LogP) is 3.50. The minimum absolute atomic E-state index is 0. The number of hydrogen-bond donors (Lipinski definition) is 0. The molecule has 0 aliphatic heterocycles. The van der Waals surface area contributed by atoms with E-state index in [0.29, 0.717) is 11.4 Å². The smallest absolute Gasteiger partial charge is 0.107 e. The molecule has 0 fully saturated rings. The molecule has 0 saturated heterocycles. The van der Waals surface area contributed by atoms with E-state index in [9.17, 15) is 0 Å². The first kappa shape index (κ1) is 13.1. The number of nitriles is 1. The van der Waals surface area contributed by atoms with Gasteiger partial charge in [-0.25, -0.2) is 4.98 Å². The second-order valence-corrected chi connectivity index (χ2v) is 4.20. The van der Waals surface area contributed by atoms with Crippen molar-refractivity contribution in [1.29, 1.82) is 5.26 Å². The van der Waals surface area contributed by atoms with Gasteiger partial charge < -0.3 is 0 Å². The maximum absolute atomic E-state index is 8.52. The van der Waals surface area contributed by atoms with Gasteiger partial charge in [0.25, 0.3) is 0 Å². The van der Waals surface area contributed by atoms with Gasteiger partial charge in [0.1, 0.15) is 5.01 Å². The van der Waals surface area contributed by atoms with Crippen molar-refractivity contribution in [2.24, 2.45) is 0 Å². The average molecular weight is 317 g/mol. The van der Waals surface area contributed by atoms with Crippen molar-refractivity contribution in [2.75, 3.05) is 0 Å². The molecule has 2 heterocycles. The third-order valence-corrected chi connectivity index (χ3v) is 2.84. The standard InChI is InChI=1S/C10H6ClN3S.BrH/c11-7-1-2-8(13-5-7)9-6-15-10(14-9)3-4-12;/h1-2,5-6H,3H2;1H. The number of hydrogen-bond acceptors (Lipinski definition) is 4. The van der Waals surface area contributed by atoms with Gasteiger partial charge in [-0.1, -0.05) is 11.6 Å². The molecule has 0 N–H and O–H groups in total. The molecule has 2 rings (SSSR count). The number of halogens is 2. The van der Waals surface area contributed by atoms with Crippen LogP contribution in [0.4, 0.5) is 0 Å². The van der Waals surface area contributed by atoms with Crippen LogP contribution in [0.15, 0.2) is 23.7 Å². The van der Waals surface area contributed by atoms with Gasteiger partial charge in [0, 0.05) is 11.6 Å². The van der Waals surface area contributed by atoms with E-state index < -0.39 is 0 Å². The fourth-order valence-electron chi connectivity index (χ4n) is 1.10. The lowest BCUT2D eigenvalue weighted by Gasteiger charge is -1.94. The molecule has 0 aromatic carbocycles. The van der Waals surface area contributed by atoms with Gasteiger partial charge in [-0.3, -0.25) is 4.98 Å². The second-order valence-electron chi connectivity index (χ2n) is 2.82. The van der Waals surface area contributed by atoms with Crippen molar-refractivity contribution in [2.45, 2.75) is 6.42 Å². The highest BCUT2D eigenvalue weighted by atomic mass is 79.9. The van der Waals surface area contributed by atoms with E-state index in [4.69, 9.17) is 16.9 Å². The molecule has 3 nitrogen and oxygen atoms in total. The van der Waals surface area contributed by atoms with E-state index in [1.54, 1.807) is 12.3 Å². The summed E-state index contributed by atoms with van der Waals surface area (Å²) in [6, 6.07) is 5.65. The summed E-state index contributed by atoms with van der Waals surface area (Å²) in [6.07, 6.45) is 1.93. The summed E-state index contributed by atoms with van der Waals surface area (Å²) in [4.78, 5) is 8.44. The Balaban J connectivity index is 0.00000128. The molecule has 0 radical (unpaired) electrons. The molecule has 0 spiro atoms. The lowest BCUT2D eigenvalue weighted by Crippen LogP contribution is -1.84. The molecule has 2 aromatic rings. The highest BCUT2D eigenvalue weighted by Crippen LogP contribution is 2.21. The number of nitrogens with zero attached hydrogens (tertiary/aromatic N) is 3. The monoisotopic (exact) mass is 315 g/mol. The Morgan fingerprint density at radius 2 is 2.19 bits per heavy atom. The Morgan fingerprint density at radius 3 is 2.81 bits per heavy atom. The van der Waals surface area contributed by atoms with Gasteiger partial charge >= 0.3 is 0 Å². The molecule has 2 aromatic heterocycles.